The topological polar surface area (TPSA) is 49.4 Å². The molecule has 0 saturated carbocycles. The van der Waals surface area contributed by atoms with Crippen LogP contribution in [0.1, 0.15) is 5.56 Å². The number of halogens is 1. The number of rotatable bonds is 1. The first-order valence-corrected chi connectivity index (χ1v) is 9.82. The Balaban J connectivity index is 0.00000204. The van der Waals surface area contributed by atoms with Crippen molar-refractivity contribution in [3.8, 4) is 0 Å². The summed E-state index contributed by atoms with van der Waals surface area (Å²) in [7, 11) is 0. The molecule has 0 spiro atoms. The van der Waals surface area contributed by atoms with E-state index >= 15 is 0 Å². The summed E-state index contributed by atoms with van der Waals surface area (Å²) in [6.07, 6.45) is 22.1. The van der Waals surface area contributed by atoms with E-state index in [1.807, 2.05) is 79.0 Å². The maximum absolute atomic E-state index is 4.87. The Morgan fingerprint density at radius 2 is 0.968 bits per heavy atom. The lowest BCUT2D eigenvalue weighted by atomic mass is 10.0. The van der Waals surface area contributed by atoms with Crippen LogP contribution in [0, 0.1) is 0 Å². The van der Waals surface area contributed by atoms with E-state index in [2.05, 4.69) is 23.2 Å². The Morgan fingerprint density at radius 1 is 0.452 bits per heavy atom. The Hall–Kier alpha value is -3.89. The second-order valence-electron chi connectivity index (χ2n) is 7.31. The summed E-state index contributed by atoms with van der Waals surface area (Å²) < 4.78 is 0. The maximum atomic E-state index is 4.87. The minimum atomic E-state index is 0. The van der Waals surface area contributed by atoms with Gasteiger partial charge in [0.15, 0.2) is 0 Å². The molecule has 0 fully saturated rings. The molecule has 0 aromatic heterocycles. The first kappa shape index (κ1) is 19.1. The molecule has 0 atom stereocenters. The second-order valence-corrected chi connectivity index (χ2v) is 7.31. The van der Waals surface area contributed by atoms with Crippen molar-refractivity contribution in [2.24, 2.45) is 20.0 Å². The van der Waals surface area contributed by atoms with Gasteiger partial charge in [-0.25, -0.2) is 20.0 Å². The molecule has 1 aromatic rings. The molecular formula is C26H17ClN4. The lowest BCUT2D eigenvalue weighted by Gasteiger charge is -2.03. The van der Waals surface area contributed by atoms with Crippen molar-refractivity contribution in [3.63, 3.8) is 0 Å². The number of fused-ring (bicyclic) bond motifs is 4. The molecule has 0 aliphatic carbocycles. The number of benzene rings is 1. The molecule has 0 unspecified atom stereocenters. The number of allylic oxidation sites excluding steroid dienone is 12. The van der Waals surface area contributed by atoms with Crippen LogP contribution in [-0.2, 0) is 0 Å². The fraction of sp³-hybridized carbons (Fsp3) is 0. The van der Waals surface area contributed by atoms with Crippen LogP contribution < -0.4 is 0 Å². The van der Waals surface area contributed by atoms with Gasteiger partial charge >= 0.3 is 0 Å². The van der Waals surface area contributed by atoms with Gasteiger partial charge in [-0.3, -0.25) is 0 Å². The Labute approximate surface area is 186 Å². The third-order valence-corrected chi connectivity index (χ3v) is 5.12. The van der Waals surface area contributed by atoms with Gasteiger partial charge in [-0.15, -0.1) is 12.4 Å². The molecule has 5 heterocycles. The van der Waals surface area contributed by atoms with E-state index in [9.17, 15) is 0 Å². The Morgan fingerprint density at radius 3 is 1.55 bits per heavy atom. The van der Waals surface area contributed by atoms with Crippen molar-refractivity contribution >= 4 is 40.8 Å². The fourth-order valence-corrected chi connectivity index (χ4v) is 3.75. The van der Waals surface area contributed by atoms with Crippen molar-refractivity contribution in [2.75, 3.05) is 0 Å². The van der Waals surface area contributed by atoms with Crippen LogP contribution >= 0.6 is 12.4 Å². The van der Waals surface area contributed by atoms with Gasteiger partial charge in [0.2, 0.25) is 0 Å². The zero-order chi connectivity index (χ0) is 19.9. The monoisotopic (exact) mass is 420 g/mol. The molecule has 0 N–H and O–H groups in total. The summed E-state index contributed by atoms with van der Waals surface area (Å²) in [6.45, 7) is 0. The second kappa shape index (κ2) is 7.74. The molecule has 31 heavy (non-hydrogen) atoms. The standard InChI is InChI=1S/C26H16N4.ClH/c1-2-4-17(5-3-1)25-15-24-14-22-9-8-20(28-22)12-18-6-7-19(27-18)13-21-10-11-23(29-21)16-26(25)30-24;/h1-16H;1H. The van der Waals surface area contributed by atoms with Crippen molar-refractivity contribution in [1.29, 1.82) is 0 Å². The molecule has 5 aliphatic rings. The van der Waals surface area contributed by atoms with Crippen molar-refractivity contribution in [3.05, 3.63) is 126 Å². The highest BCUT2D eigenvalue weighted by Crippen LogP contribution is 2.31. The zero-order valence-electron chi connectivity index (χ0n) is 16.4. The van der Waals surface area contributed by atoms with E-state index < -0.39 is 0 Å². The highest BCUT2D eigenvalue weighted by atomic mass is 35.5. The average Bonchev–Trinajstić information content (AvgIpc) is 3.53. The quantitative estimate of drug-likeness (QED) is 0.573. The van der Waals surface area contributed by atoms with Gasteiger partial charge in [-0.2, -0.15) is 0 Å². The lowest BCUT2D eigenvalue weighted by molar-refractivity contribution is 1.41. The first-order valence-electron chi connectivity index (χ1n) is 9.82. The normalized spacial score (nSPS) is 20.1. The molecule has 6 rings (SSSR count). The molecular weight excluding hydrogens is 404 g/mol. The van der Waals surface area contributed by atoms with Crippen LogP contribution in [0.15, 0.2) is 140 Å². The maximum Gasteiger partial charge on any atom is 0.0737 e. The van der Waals surface area contributed by atoms with E-state index in [0.29, 0.717) is 0 Å². The van der Waals surface area contributed by atoms with Crippen molar-refractivity contribution in [2.45, 2.75) is 0 Å². The summed E-state index contributed by atoms with van der Waals surface area (Å²) in [5, 5.41) is 0. The van der Waals surface area contributed by atoms with Gasteiger partial charge in [0.05, 0.1) is 45.6 Å². The number of hydrogen-bond acceptors (Lipinski definition) is 4. The smallest absolute Gasteiger partial charge is 0.0737 e. The van der Waals surface area contributed by atoms with Gasteiger partial charge < -0.3 is 0 Å². The van der Waals surface area contributed by atoms with Gasteiger partial charge in [-0.1, -0.05) is 30.3 Å². The molecule has 148 valence electrons. The highest BCUT2D eigenvalue weighted by Gasteiger charge is 2.18. The minimum Gasteiger partial charge on any atom is -0.249 e. The van der Waals surface area contributed by atoms with Crippen molar-refractivity contribution < 1.29 is 0 Å². The molecule has 0 saturated heterocycles. The van der Waals surface area contributed by atoms with E-state index in [-0.39, 0.29) is 12.4 Å². The summed E-state index contributed by atoms with van der Waals surface area (Å²) in [5.74, 6) is 0. The van der Waals surface area contributed by atoms with Crippen LogP contribution in [0.25, 0.3) is 5.57 Å². The number of hydrogen-bond donors (Lipinski definition) is 0. The third kappa shape index (κ3) is 3.81. The predicted molar refractivity (Wildman–Crippen MR) is 131 cm³/mol. The number of aliphatic imine (C=N–C) groups is 4. The van der Waals surface area contributed by atoms with Crippen LogP contribution in [0.5, 0.6) is 0 Å². The molecule has 1 aromatic carbocycles. The zero-order valence-corrected chi connectivity index (χ0v) is 17.3. The lowest BCUT2D eigenvalue weighted by Crippen LogP contribution is -1.90. The summed E-state index contributed by atoms with van der Waals surface area (Å²) in [5.41, 5.74) is 9.28. The Bertz CT molecular complexity index is 1350. The first-order chi connectivity index (χ1) is 14.8. The largest absolute Gasteiger partial charge is 0.249 e. The van der Waals surface area contributed by atoms with Gasteiger partial charge in [0.1, 0.15) is 0 Å². The number of nitrogens with zero attached hydrogens (tertiary/aromatic N) is 4. The summed E-state index contributed by atoms with van der Waals surface area (Å²) in [4.78, 5) is 18.9. The minimum absolute atomic E-state index is 0. The molecule has 5 aliphatic heterocycles. The van der Waals surface area contributed by atoms with Crippen LogP contribution in [0.2, 0.25) is 0 Å². The molecule has 5 heteroatoms. The average molecular weight is 421 g/mol. The Kier molecular flexibility index (Phi) is 4.77. The van der Waals surface area contributed by atoms with Crippen molar-refractivity contribution in [1.82, 2.24) is 0 Å². The SMILES string of the molecule is C1=CC2=NC1=CC1=NC(=CC3=NC(=CC4=NC(=C2)C=C4)C(c2ccccc2)=C3)C=C1.Cl. The third-order valence-electron chi connectivity index (χ3n) is 5.12. The van der Waals surface area contributed by atoms with E-state index in [0.717, 1.165) is 56.8 Å². The molecule has 4 nitrogen and oxygen atoms in total. The fourth-order valence-electron chi connectivity index (χ4n) is 3.75. The van der Waals surface area contributed by atoms with Crippen LogP contribution in [0.4, 0.5) is 0 Å². The van der Waals surface area contributed by atoms with Gasteiger partial charge in [-0.05, 0) is 72.4 Å². The van der Waals surface area contributed by atoms with E-state index in [1.54, 1.807) is 0 Å². The van der Waals surface area contributed by atoms with Crippen LogP contribution in [0.3, 0.4) is 0 Å². The molecule has 0 radical (unpaired) electrons. The highest BCUT2D eigenvalue weighted by molar-refractivity contribution is 6.19. The predicted octanol–water partition coefficient (Wildman–Crippen LogP) is 5.53. The molecule has 8 bridgehead atoms. The summed E-state index contributed by atoms with van der Waals surface area (Å²) in [6, 6.07) is 10.3. The van der Waals surface area contributed by atoms with E-state index in [1.165, 1.54) is 0 Å². The molecule has 0 amide bonds. The van der Waals surface area contributed by atoms with Crippen LogP contribution in [-0.4, -0.2) is 22.8 Å². The summed E-state index contributed by atoms with van der Waals surface area (Å²) >= 11 is 0. The van der Waals surface area contributed by atoms with E-state index in [4.69, 9.17) is 15.0 Å². The van der Waals surface area contributed by atoms with Gasteiger partial charge in [0.25, 0.3) is 0 Å². The van der Waals surface area contributed by atoms with Gasteiger partial charge in [0, 0.05) is 5.57 Å².